The highest BCUT2D eigenvalue weighted by molar-refractivity contribution is 5.88. The highest BCUT2D eigenvalue weighted by Gasteiger charge is 2.32. The molecule has 3 nitrogen and oxygen atoms in total. The molecule has 2 heterocycles. The fourth-order valence-corrected chi connectivity index (χ4v) is 2.64. The summed E-state index contributed by atoms with van der Waals surface area (Å²) in [7, 11) is 0. The van der Waals surface area contributed by atoms with Gasteiger partial charge in [-0.1, -0.05) is 26.0 Å². The molecule has 0 unspecified atom stereocenters. The number of fused-ring (bicyclic) bond motifs is 3. The average Bonchev–Trinajstić information content (AvgIpc) is 2.84. The lowest BCUT2D eigenvalue weighted by Crippen LogP contribution is -2.24. The van der Waals surface area contributed by atoms with Gasteiger partial charge in [0.2, 0.25) is 0 Å². The Hall–Kier alpha value is -1.48. The van der Waals surface area contributed by atoms with Gasteiger partial charge < -0.3 is 14.5 Å². The summed E-state index contributed by atoms with van der Waals surface area (Å²) in [4.78, 5) is 0. The summed E-state index contributed by atoms with van der Waals surface area (Å²) >= 11 is 0. The van der Waals surface area contributed by atoms with Crippen LogP contribution in [0, 0.1) is 0 Å². The molecular weight excluding hydrogens is 238 g/mol. The monoisotopic (exact) mass is 259 g/mol. The summed E-state index contributed by atoms with van der Waals surface area (Å²) in [5.74, 6) is 0.929. The van der Waals surface area contributed by atoms with Crippen molar-refractivity contribution in [1.82, 2.24) is 5.32 Å². The summed E-state index contributed by atoms with van der Waals surface area (Å²) in [6.07, 6.45) is 2.79. The molecule has 0 spiro atoms. The van der Waals surface area contributed by atoms with Crippen LogP contribution in [0.25, 0.3) is 11.0 Å². The van der Waals surface area contributed by atoms with Gasteiger partial charge in [0.1, 0.15) is 5.60 Å². The van der Waals surface area contributed by atoms with Crippen molar-refractivity contribution in [2.24, 2.45) is 0 Å². The van der Waals surface area contributed by atoms with Gasteiger partial charge >= 0.3 is 0 Å². The Labute approximate surface area is 113 Å². The molecule has 0 fully saturated rings. The first kappa shape index (κ1) is 12.5. The van der Waals surface area contributed by atoms with Crippen molar-refractivity contribution < 1.29 is 9.15 Å². The summed E-state index contributed by atoms with van der Waals surface area (Å²) < 4.78 is 11.8. The Bertz CT molecular complexity index is 610. The van der Waals surface area contributed by atoms with Gasteiger partial charge in [0.15, 0.2) is 11.3 Å². The molecule has 3 heteroatoms. The fourth-order valence-electron chi connectivity index (χ4n) is 2.64. The van der Waals surface area contributed by atoms with E-state index in [0.29, 0.717) is 6.04 Å². The lowest BCUT2D eigenvalue weighted by molar-refractivity contribution is 0.139. The number of hydrogen-bond acceptors (Lipinski definition) is 3. The maximum Gasteiger partial charge on any atom is 0.176 e. The predicted molar refractivity (Wildman–Crippen MR) is 76.6 cm³/mol. The summed E-state index contributed by atoms with van der Waals surface area (Å²) in [5.41, 5.74) is 3.21. The van der Waals surface area contributed by atoms with Gasteiger partial charge in [-0.15, -0.1) is 0 Å². The van der Waals surface area contributed by atoms with E-state index >= 15 is 0 Å². The predicted octanol–water partition coefficient (Wildman–Crippen LogP) is 3.64. The van der Waals surface area contributed by atoms with Crippen LogP contribution >= 0.6 is 0 Å². The van der Waals surface area contributed by atoms with Gasteiger partial charge in [-0.2, -0.15) is 0 Å². The van der Waals surface area contributed by atoms with Crippen LogP contribution in [0.4, 0.5) is 0 Å². The molecule has 0 atom stereocenters. The highest BCUT2D eigenvalue weighted by atomic mass is 16.5. The summed E-state index contributed by atoms with van der Waals surface area (Å²) in [6, 6.07) is 4.79. The third kappa shape index (κ3) is 2.23. The molecule has 1 N–H and O–H groups in total. The molecule has 0 amide bonds. The van der Waals surface area contributed by atoms with Crippen molar-refractivity contribution in [3.05, 3.63) is 29.5 Å². The lowest BCUT2D eigenvalue weighted by Gasteiger charge is -2.16. The zero-order valence-corrected chi connectivity index (χ0v) is 12.0. The van der Waals surface area contributed by atoms with Crippen LogP contribution in [0.5, 0.6) is 5.75 Å². The topological polar surface area (TPSA) is 34.4 Å². The van der Waals surface area contributed by atoms with Crippen molar-refractivity contribution in [3.63, 3.8) is 0 Å². The van der Waals surface area contributed by atoms with Crippen molar-refractivity contribution in [3.8, 4) is 5.75 Å². The van der Waals surface area contributed by atoms with Crippen LogP contribution in [-0.2, 0) is 13.0 Å². The van der Waals surface area contributed by atoms with Gasteiger partial charge in [-0.25, -0.2) is 0 Å². The number of ether oxygens (including phenoxy) is 1. The fraction of sp³-hybridized carbons (Fsp3) is 0.500. The molecule has 1 aromatic carbocycles. The Morgan fingerprint density at radius 2 is 2.11 bits per heavy atom. The van der Waals surface area contributed by atoms with Crippen LogP contribution in [0.15, 0.2) is 22.8 Å². The molecule has 19 heavy (non-hydrogen) atoms. The van der Waals surface area contributed by atoms with Gasteiger partial charge in [0.05, 0.1) is 6.26 Å². The Morgan fingerprint density at radius 1 is 1.32 bits per heavy atom. The normalized spacial score (nSPS) is 16.9. The zero-order valence-electron chi connectivity index (χ0n) is 12.0. The molecule has 0 radical (unpaired) electrons. The molecule has 102 valence electrons. The molecule has 0 aliphatic carbocycles. The minimum atomic E-state index is -0.125. The smallest absolute Gasteiger partial charge is 0.176 e. The van der Waals surface area contributed by atoms with Gasteiger partial charge in [-0.3, -0.25) is 0 Å². The van der Waals surface area contributed by atoms with Crippen LogP contribution in [-0.4, -0.2) is 11.6 Å². The van der Waals surface area contributed by atoms with E-state index in [4.69, 9.17) is 9.15 Å². The van der Waals surface area contributed by atoms with E-state index in [1.807, 2.05) is 6.26 Å². The molecule has 0 saturated heterocycles. The van der Waals surface area contributed by atoms with Crippen molar-refractivity contribution in [2.75, 3.05) is 0 Å². The first-order chi connectivity index (χ1) is 8.96. The number of hydrogen-bond donors (Lipinski definition) is 1. The van der Waals surface area contributed by atoms with E-state index in [2.05, 4.69) is 45.1 Å². The molecule has 1 aliphatic rings. The van der Waals surface area contributed by atoms with Crippen LogP contribution < -0.4 is 10.1 Å². The van der Waals surface area contributed by atoms with Crippen LogP contribution in [0.1, 0.15) is 38.8 Å². The van der Waals surface area contributed by atoms with Crippen molar-refractivity contribution in [1.29, 1.82) is 0 Å². The first-order valence-corrected chi connectivity index (χ1v) is 6.91. The second kappa shape index (κ2) is 4.27. The average molecular weight is 259 g/mol. The van der Waals surface area contributed by atoms with E-state index in [-0.39, 0.29) is 5.60 Å². The molecule has 3 rings (SSSR count). The van der Waals surface area contributed by atoms with Crippen molar-refractivity contribution in [2.45, 2.75) is 52.3 Å². The second-order valence-corrected chi connectivity index (χ2v) is 6.27. The first-order valence-electron chi connectivity index (χ1n) is 6.91. The largest absolute Gasteiger partial charge is 0.483 e. The number of nitrogens with one attached hydrogen (secondary N) is 1. The minimum absolute atomic E-state index is 0.125. The van der Waals surface area contributed by atoms with Crippen LogP contribution in [0.2, 0.25) is 0 Å². The second-order valence-electron chi connectivity index (χ2n) is 6.27. The maximum atomic E-state index is 6.03. The van der Waals surface area contributed by atoms with E-state index in [1.165, 1.54) is 11.1 Å². The van der Waals surface area contributed by atoms with Gasteiger partial charge in [0, 0.05) is 35.5 Å². The van der Waals surface area contributed by atoms with E-state index in [1.54, 1.807) is 0 Å². The third-order valence-corrected chi connectivity index (χ3v) is 3.55. The van der Waals surface area contributed by atoms with Gasteiger partial charge in [-0.05, 0) is 13.8 Å². The lowest BCUT2D eigenvalue weighted by atomic mass is 10.0. The molecule has 2 aromatic rings. The quantitative estimate of drug-likeness (QED) is 0.913. The molecule has 0 bridgehead atoms. The zero-order chi connectivity index (χ0) is 13.6. The van der Waals surface area contributed by atoms with Crippen molar-refractivity contribution >= 4 is 11.0 Å². The van der Waals surface area contributed by atoms with E-state index in [9.17, 15) is 0 Å². The number of benzene rings is 1. The SMILES string of the molecule is CC(C)NCc1coc2c3c(ccc12)CC(C)(C)O3. The van der Waals surface area contributed by atoms with E-state index in [0.717, 1.165) is 29.7 Å². The molecule has 1 aliphatic heterocycles. The number of rotatable bonds is 3. The van der Waals surface area contributed by atoms with Gasteiger partial charge in [0.25, 0.3) is 0 Å². The van der Waals surface area contributed by atoms with E-state index < -0.39 is 0 Å². The highest BCUT2D eigenvalue weighted by Crippen LogP contribution is 2.41. The Kier molecular flexibility index (Phi) is 2.82. The molecular formula is C16H21NO2. The Balaban J connectivity index is 1.99. The Morgan fingerprint density at radius 3 is 2.84 bits per heavy atom. The third-order valence-electron chi connectivity index (χ3n) is 3.55. The standard InChI is InChI=1S/C16H21NO2/c1-10(2)17-8-12-9-18-15-13(12)6-5-11-7-16(3,4)19-14(11)15/h5-6,9-10,17H,7-8H2,1-4H3. The maximum absolute atomic E-state index is 6.03. The molecule has 1 aromatic heterocycles. The summed E-state index contributed by atoms with van der Waals surface area (Å²) in [6.45, 7) is 9.34. The summed E-state index contributed by atoms with van der Waals surface area (Å²) in [5, 5.41) is 4.58. The van der Waals surface area contributed by atoms with Crippen LogP contribution in [0.3, 0.4) is 0 Å². The minimum Gasteiger partial charge on any atom is -0.483 e. The number of furan rings is 1. The molecule has 0 saturated carbocycles.